The van der Waals surface area contributed by atoms with E-state index in [0.29, 0.717) is 24.5 Å². The summed E-state index contributed by atoms with van der Waals surface area (Å²) >= 11 is 0. The Morgan fingerprint density at radius 2 is 1.47 bits per heavy atom. The number of aliphatic hydroxyl groups is 1. The zero-order valence-corrected chi connectivity index (χ0v) is 18.0. The maximum atomic E-state index is 11.0. The van der Waals surface area contributed by atoms with Crippen LogP contribution >= 0.6 is 0 Å². The molecule has 3 aromatic rings. The second-order valence-electron chi connectivity index (χ2n) is 8.59. The molecule has 3 rings (SSSR count). The fourth-order valence-electron chi connectivity index (χ4n) is 3.32. The molecule has 0 saturated heterocycles. The van der Waals surface area contributed by atoms with Gasteiger partial charge < -0.3 is 14.9 Å². The van der Waals surface area contributed by atoms with Crippen molar-refractivity contribution >= 4 is 0 Å². The van der Waals surface area contributed by atoms with Gasteiger partial charge in [0.1, 0.15) is 18.1 Å². The zero-order valence-electron chi connectivity index (χ0n) is 18.0. The van der Waals surface area contributed by atoms with Crippen molar-refractivity contribution < 1.29 is 14.9 Å². The number of aromatic hydroxyl groups is 1. The van der Waals surface area contributed by atoms with Gasteiger partial charge in [-0.3, -0.25) is 4.90 Å². The lowest BCUT2D eigenvalue weighted by atomic mass is 10.0. The predicted molar refractivity (Wildman–Crippen MR) is 120 cm³/mol. The molecule has 0 radical (unpaired) electrons. The third-order valence-corrected chi connectivity index (χ3v) is 5.10. The molecular formula is C26H31NO3. The maximum absolute atomic E-state index is 11.0. The average molecular weight is 406 g/mol. The smallest absolute Gasteiger partial charge is 0.123 e. The van der Waals surface area contributed by atoms with Crippen LogP contribution in [-0.2, 0) is 13.2 Å². The van der Waals surface area contributed by atoms with Crippen molar-refractivity contribution in [1.82, 2.24) is 4.90 Å². The summed E-state index contributed by atoms with van der Waals surface area (Å²) in [6.45, 7) is 8.00. The van der Waals surface area contributed by atoms with Crippen molar-refractivity contribution in [3.63, 3.8) is 0 Å². The molecule has 2 N–H and O–H groups in total. The Morgan fingerprint density at radius 1 is 0.867 bits per heavy atom. The molecule has 4 nitrogen and oxygen atoms in total. The number of hydrogen-bond donors (Lipinski definition) is 2. The highest BCUT2D eigenvalue weighted by molar-refractivity contribution is 5.39. The molecule has 4 heteroatoms. The zero-order chi connectivity index (χ0) is 21.6. The Morgan fingerprint density at radius 3 is 2.07 bits per heavy atom. The SMILES string of the molecule is CC(C)(C)N(Cc1ccccc1)CC(O)c1cc(O)cc(OCc2ccccc2)c1. The summed E-state index contributed by atoms with van der Waals surface area (Å²) in [5.41, 5.74) is 2.76. The van der Waals surface area contributed by atoms with E-state index in [1.54, 1.807) is 18.2 Å². The molecular weight excluding hydrogens is 374 g/mol. The van der Waals surface area contributed by atoms with Crippen LogP contribution in [-0.4, -0.2) is 27.2 Å². The molecule has 0 aliphatic rings. The Bertz CT molecular complexity index is 920. The van der Waals surface area contributed by atoms with Crippen LogP contribution in [0.4, 0.5) is 0 Å². The summed E-state index contributed by atoms with van der Waals surface area (Å²) in [4.78, 5) is 2.24. The van der Waals surface area contributed by atoms with E-state index < -0.39 is 6.10 Å². The second-order valence-corrected chi connectivity index (χ2v) is 8.59. The topological polar surface area (TPSA) is 52.9 Å². The summed E-state index contributed by atoms with van der Waals surface area (Å²) in [5, 5.41) is 21.1. The van der Waals surface area contributed by atoms with E-state index in [1.165, 1.54) is 5.56 Å². The van der Waals surface area contributed by atoms with E-state index in [9.17, 15) is 10.2 Å². The van der Waals surface area contributed by atoms with Gasteiger partial charge in [0, 0.05) is 24.7 Å². The molecule has 0 aliphatic heterocycles. The van der Waals surface area contributed by atoms with Gasteiger partial charge in [0.2, 0.25) is 0 Å². The van der Waals surface area contributed by atoms with Crippen molar-refractivity contribution in [2.75, 3.05) is 6.54 Å². The normalized spacial score (nSPS) is 12.7. The van der Waals surface area contributed by atoms with Gasteiger partial charge in [-0.05, 0) is 49.6 Å². The van der Waals surface area contributed by atoms with Gasteiger partial charge in [-0.1, -0.05) is 60.7 Å². The van der Waals surface area contributed by atoms with E-state index in [-0.39, 0.29) is 11.3 Å². The lowest BCUT2D eigenvalue weighted by Gasteiger charge is -2.37. The molecule has 3 aromatic carbocycles. The van der Waals surface area contributed by atoms with Crippen molar-refractivity contribution in [3.05, 3.63) is 95.6 Å². The van der Waals surface area contributed by atoms with E-state index in [0.717, 1.165) is 12.1 Å². The lowest BCUT2D eigenvalue weighted by Crippen LogP contribution is -2.43. The molecule has 1 atom stereocenters. The molecule has 158 valence electrons. The third kappa shape index (κ3) is 6.34. The fourth-order valence-corrected chi connectivity index (χ4v) is 3.32. The van der Waals surface area contributed by atoms with Crippen LogP contribution in [0.25, 0.3) is 0 Å². The van der Waals surface area contributed by atoms with E-state index in [2.05, 4.69) is 37.8 Å². The number of phenols is 1. The van der Waals surface area contributed by atoms with E-state index in [1.807, 2.05) is 48.5 Å². The van der Waals surface area contributed by atoms with Gasteiger partial charge in [-0.2, -0.15) is 0 Å². The van der Waals surface area contributed by atoms with Gasteiger partial charge in [0.15, 0.2) is 0 Å². The number of nitrogens with zero attached hydrogens (tertiary/aromatic N) is 1. The first-order valence-electron chi connectivity index (χ1n) is 10.3. The highest BCUT2D eigenvalue weighted by atomic mass is 16.5. The van der Waals surface area contributed by atoms with Crippen molar-refractivity contribution in [2.45, 2.75) is 45.6 Å². The van der Waals surface area contributed by atoms with Gasteiger partial charge in [0.25, 0.3) is 0 Å². The minimum absolute atomic E-state index is 0.0833. The van der Waals surface area contributed by atoms with Crippen LogP contribution in [0.5, 0.6) is 11.5 Å². The largest absolute Gasteiger partial charge is 0.508 e. The van der Waals surface area contributed by atoms with Gasteiger partial charge in [-0.15, -0.1) is 0 Å². The fraction of sp³-hybridized carbons (Fsp3) is 0.308. The number of aliphatic hydroxyl groups excluding tert-OH is 1. The third-order valence-electron chi connectivity index (χ3n) is 5.10. The Balaban J connectivity index is 1.72. The highest BCUT2D eigenvalue weighted by Gasteiger charge is 2.25. The predicted octanol–water partition coefficient (Wildman–Crippen LogP) is 5.31. The van der Waals surface area contributed by atoms with Gasteiger partial charge in [-0.25, -0.2) is 0 Å². The molecule has 1 unspecified atom stereocenters. The summed E-state index contributed by atoms with van der Waals surface area (Å²) in [6.07, 6.45) is -0.751. The summed E-state index contributed by atoms with van der Waals surface area (Å²) in [7, 11) is 0. The highest BCUT2D eigenvalue weighted by Crippen LogP contribution is 2.29. The first-order valence-corrected chi connectivity index (χ1v) is 10.3. The maximum Gasteiger partial charge on any atom is 0.123 e. The molecule has 0 amide bonds. The molecule has 0 heterocycles. The molecule has 0 aromatic heterocycles. The first kappa shape index (κ1) is 21.9. The Hall–Kier alpha value is -2.82. The summed E-state index contributed by atoms with van der Waals surface area (Å²) in [5.74, 6) is 0.623. The van der Waals surface area contributed by atoms with Crippen LogP contribution in [0.15, 0.2) is 78.9 Å². The molecule has 0 bridgehead atoms. The number of hydrogen-bond acceptors (Lipinski definition) is 4. The van der Waals surface area contributed by atoms with Crippen LogP contribution < -0.4 is 4.74 Å². The number of rotatable bonds is 8. The van der Waals surface area contributed by atoms with Crippen LogP contribution in [0.3, 0.4) is 0 Å². The minimum Gasteiger partial charge on any atom is -0.508 e. The lowest BCUT2D eigenvalue weighted by molar-refractivity contribution is 0.0521. The summed E-state index contributed by atoms with van der Waals surface area (Å²) in [6, 6.07) is 25.1. The summed E-state index contributed by atoms with van der Waals surface area (Å²) < 4.78 is 5.85. The Labute approximate surface area is 179 Å². The average Bonchev–Trinajstić information content (AvgIpc) is 2.72. The Kier molecular flexibility index (Phi) is 7.14. The van der Waals surface area contributed by atoms with E-state index >= 15 is 0 Å². The van der Waals surface area contributed by atoms with Crippen molar-refractivity contribution in [3.8, 4) is 11.5 Å². The number of benzene rings is 3. The first-order chi connectivity index (χ1) is 14.3. The van der Waals surface area contributed by atoms with Crippen molar-refractivity contribution in [1.29, 1.82) is 0 Å². The number of phenolic OH excluding ortho intramolecular Hbond substituents is 1. The molecule has 0 saturated carbocycles. The quantitative estimate of drug-likeness (QED) is 0.534. The van der Waals surface area contributed by atoms with E-state index in [4.69, 9.17) is 4.74 Å². The number of ether oxygens (including phenoxy) is 1. The number of β-amino-alcohol motifs (C(OH)–C–C–N with tert-alkyl or cyclic N) is 1. The molecule has 0 aliphatic carbocycles. The van der Waals surface area contributed by atoms with Gasteiger partial charge >= 0.3 is 0 Å². The van der Waals surface area contributed by atoms with Crippen molar-refractivity contribution in [2.24, 2.45) is 0 Å². The van der Waals surface area contributed by atoms with Gasteiger partial charge in [0.05, 0.1) is 6.10 Å². The molecule has 30 heavy (non-hydrogen) atoms. The second kappa shape index (κ2) is 9.79. The molecule has 0 fully saturated rings. The molecule has 0 spiro atoms. The standard InChI is InChI=1S/C26H31NO3/c1-26(2,3)27(17-20-10-6-4-7-11-20)18-25(29)22-14-23(28)16-24(15-22)30-19-21-12-8-5-9-13-21/h4-16,25,28-29H,17-19H2,1-3H3. The van der Waals surface area contributed by atoms with Crippen LogP contribution in [0.1, 0.15) is 43.6 Å². The monoisotopic (exact) mass is 405 g/mol. The van der Waals surface area contributed by atoms with Crippen LogP contribution in [0.2, 0.25) is 0 Å². The van der Waals surface area contributed by atoms with Crippen LogP contribution in [0, 0.1) is 0 Å². The minimum atomic E-state index is -0.751.